The van der Waals surface area contributed by atoms with E-state index < -0.39 is 31.5 Å². The van der Waals surface area contributed by atoms with E-state index in [2.05, 4.69) is 41.2 Å². The fourth-order valence-corrected chi connectivity index (χ4v) is 2.30. The summed E-state index contributed by atoms with van der Waals surface area (Å²) in [5.74, 6) is 0.232. The van der Waals surface area contributed by atoms with Crippen molar-refractivity contribution in [2.45, 2.75) is 45.6 Å². The number of fused-ring (bicyclic) bond motifs is 1. The van der Waals surface area contributed by atoms with Crippen LogP contribution in [0, 0.1) is 0 Å². The third-order valence-electron chi connectivity index (χ3n) is 3.60. The van der Waals surface area contributed by atoms with Gasteiger partial charge < -0.3 is 26.4 Å². The Hall–Kier alpha value is -2.70. The molecule has 0 atom stereocenters. The average molecular weight is 434 g/mol. The molecular weight excluding hydrogens is 408 g/mol. The molecule has 5 N–H and O–H groups in total. The van der Waals surface area contributed by atoms with Gasteiger partial charge in [0, 0.05) is 13.1 Å². The Morgan fingerprint density at radius 3 is 1.67 bits per heavy atom. The summed E-state index contributed by atoms with van der Waals surface area (Å²) in [5.41, 5.74) is -0.704. The van der Waals surface area contributed by atoms with Gasteiger partial charge >= 0.3 is 0 Å². The Balaban J connectivity index is 2.55. The van der Waals surface area contributed by atoms with Crippen molar-refractivity contribution in [3.63, 3.8) is 0 Å². The number of rotatable bonds is 12. The number of halogens is 4. The van der Waals surface area contributed by atoms with E-state index in [0.717, 1.165) is 6.42 Å². The molecule has 13 heteroatoms. The second-order valence-electron chi connectivity index (χ2n) is 7.13. The molecule has 0 aromatic carbocycles. The topological polar surface area (TPSA) is 120 Å². The number of nitrogens with zero attached hydrogens (tertiary/aromatic N) is 4. The quantitative estimate of drug-likeness (QED) is 0.321. The average Bonchev–Trinajstić information content (AvgIpc) is 2.66. The van der Waals surface area contributed by atoms with Crippen molar-refractivity contribution in [2.75, 3.05) is 47.4 Å². The van der Waals surface area contributed by atoms with Crippen LogP contribution >= 0.6 is 0 Å². The van der Waals surface area contributed by atoms with Gasteiger partial charge in [0.2, 0.25) is 11.9 Å². The molecule has 0 saturated heterocycles. The molecule has 2 aromatic rings. The lowest BCUT2D eigenvalue weighted by atomic mass is 10.1. The predicted octanol–water partition coefficient (Wildman–Crippen LogP) is 2.78. The first-order valence-corrected chi connectivity index (χ1v) is 9.43. The van der Waals surface area contributed by atoms with Gasteiger partial charge in [-0.25, -0.2) is 27.5 Å². The number of aliphatic hydroxyl groups is 1. The molecule has 0 unspecified atom stereocenters. The number of aromatic nitrogens is 4. The Morgan fingerprint density at radius 2 is 1.27 bits per heavy atom. The van der Waals surface area contributed by atoms with E-state index in [4.69, 9.17) is 0 Å². The van der Waals surface area contributed by atoms with Gasteiger partial charge in [-0.05, 0) is 20.3 Å². The molecule has 0 bridgehead atoms. The van der Waals surface area contributed by atoms with Crippen molar-refractivity contribution in [3.05, 3.63) is 0 Å². The number of nitrogens with one attached hydrogen (secondary N) is 4. The Bertz CT molecular complexity index is 831. The van der Waals surface area contributed by atoms with Crippen LogP contribution in [0.2, 0.25) is 0 Å². The maximum Gasteiger partial charge on any atom is 0.255 e. The van der Waals surface area contributed by atoms with Crippen molar-refractivity contribution in [3.8, 4) is 0 Å². The van der Waals surface area contributed by atoms with E-state index in [0.29, 0.717) is 6.54 Å². The van der Waals surface area contributed by atoms with Crippen molar-refractivity contribution in [1.29, 1.82) is 0 Å². The smallest absolute Gasteiger partial charge is 0.255 e. The van der Waals surface area contributed by atoms with E-state index in [1.54, 1.807) is 13.8 Å². The van der Waals surface area contributed by atoms with E-state index in [9.17, 15) is 22.7 Å². The lowest BCUT2D eigenvalue weighted by molar-refractivity contribution is 0.0944. The third kappa shape index (κ3) is 7.28. The molecular formula is C17H26F4N8O. The molecule has 0 aliphatic rings. The molecule has 168 valence electrons. The number of alkyl halides is 4. The van der Waals surface area contributed by atoms with Crippen LogP contribution in [0.4, 0.5) is 41.1 Å². The van der Waals surface area contributed by atoms with Crippen molar-refractivity contribution in [2.24, 2.45) is 0 Å². The van der Waals surface area contributed by atoms with Gasteiger partial charge in [-0.1, -0.05) is 6.92 Å². The van der Waals surface area contributed by atoms with Gasteiger partial charge in [0.05, 0.1) is 18.7 Å². The van der Waals surface area contributed by atoms with E-state index in [1.807, 2.05) is 6.92 Å². The largest absolute Gasteiger partial charge is 0.389 e. The maximum absolute atomic E-state index is 12.6. The van der Waals surface area contributed by atoms with Crippen LogP contribution in [-0.2, 0) is 0 Å². The molecule has 2 heterocycles. The monoisotopic (exact) mass is 434 g/mol. The van der Waals surface area contributed by atoms with Crippen molar-refractivity contribution < 1.29 is 22.7 Å². The summed E-state index contributed by atoms with van der Waals surface area (Å²) in [7, 11) is 0. The summed E-state index contributed by atoms with van der Waals surface area (Å²) in [6.07, 6.45) is -4.48. The third-order valence-corrected chi connectivity index (χ3v) is 3.60. The summed E-state index contributed by atoms with van der Waals surface area (Å²) in [4.78, 5) is 16.8. The van der Waals surface area contributed by atoms with Crippen molar-refractivity contribution >= 4 is 34.6 Å². The second-order valence-corrected chi connectivity index (χ2v) is 7.13. The lowest BCUT2D eigenvalue weighted by Gasteiger charge is -2.20. The summed E-state index contributed by atoms with van der Waals surface area (Å²) < 4.78 is 50.4. The number of hydrogen-bond donors (Lipinski definition) is 5. The minimum atomic E-state index is -2.62. The van der Waals surface area contributed by atoms with Gasteiger partial charge in [0.1, 0.15) is 11.0 Å². The van der Waals surface area contributed by atoms with Gasteiger partial charge in [-0.2, -0.15) is 9.97 Å². The highest BCUT2D eigenvalue weighted by atomic mass is 19.3. The lowest BCUT2D eigenvalue weighted by Crippen LogP contribution is -2.30. The Labute approximate surface area is 171 Å². The molecule has 0 aliphatic heterocycles. The molecule has 2 rings (SSSR count). The highest BCUT2D eigenvalue weighted by Crippen LogP contribution is 2.27. The van der Waals surface area contributed by atoms with Crippen LogP contribution in [0.25, 0.3) is 11.0 Å². The summed E-state index contributed by atoms with van der Waals surface area (Å²) in [5, 5.41) is 20.8. The highest BCUT2D eigenvalue weighted by molar-refractivity contribution is 5.94. The standard InChI is InChI=1S/C17H26F4N8O/c1-4-5-22-13-11-12(27-15(28-13)23-6-9(18)19)14(25-8-17(2,3)30)29-16(26-11)24-7-10(20)21/h9-10,30H,4-8H2,1-3H3,(H2,22,23,27,28)(H2,24,25,26,29). The minimum absolute atomic E-state index is 0.0644. The summed E-state index contributed by atoms with van der Waals surface area (Å²) in [6.45, 7) is 4.32. The number of anilines is 4. The van der Waals surface area contributed by atoms with Crippen molar-refractivity contribution in [1.82, 2.24) is 19.9 Å². The summed E-state index contributed by atoms with van der Waals surface area (Å²) in [6, 6.07) is 0. The molecule has 2 aromatic heterocycles. The van der Waals surface area contributed by atoms with Crippen LogP contribution in [-0.4, -0.2) is 69.7 Å². The Kier molecular flexibility index (Phi) is 8.15. The zero-order chi connectivity index (χ0) is 22.3. The van der Waals surface area contributed by atoms with E-state index >= 15 is 0 Å². The normalized spacial score (nSPS) is 11.9. The molecule has 30 heavy (non-hydrogen) atoms. The molecule has 0 amide bonds. The molecule has 0 fully saturated rings. The molecule has 0 aliphatic carbocycles. The second kappa shape index (κ2) is 10.4. The van der Waals surface area contributed by atoms with E-state index in [1.165, 1.54) is 0 Å². The molecule has 0 saturated carbocycles. The Morgan fingerprint density at radius 1 is 0.800 bits per heavy atom. The zero-order valence-electron chi connectivity index (χ0n) is 16.9. The molecule has 0 spiro atoms. The fraction of sp³-hybridized carbons (Fsp3) is 0.647. The minimum Gasteiger partial charge on any atom is -0.389 e. The van der Waals surface area contributed by atoms with E-state index in [-0.39, 0.29) is 41.1 Å². The van der Waals surface area contributed by atoms with Gasteiger partial charge in [0.15, 0.2) is 11.6 Å². The summed E-state index contributed by atoms with van der Waals surface area (Å²) >= 11 is 0. The van der Waals surface area contributed by atoms with Crippen LogP contribution in [0.3, 0.4) is 0 Å². The zero-order valence-corrected chi connectivity index (χ0v) is 16.9. The maximum atomic E-state index is 12.6. The SMILES string of the molecule is CCCNc1nc(NCC(F)F)nc2c(NCC(C)(C)O)nc(NCC(F)F)nc12. The first-order chi connectivity index (χ1) is 14.1. The van der Waals surface area contributed by atoms with Crippen LogP contribution < -0.4 is 21.3 Å². The van der Waals surface area contributed by atoms with Crippen LogP contribution in [0.5, 0.6) is 0 Å². The first-order valence-electron chi connectivity index (χ1n) is 9.43. The molecule has 0 radical (unpaired) electrons. The van der Waals surface area contributed by atoms with Crippen LogP contribution in [0.1, 0.15) is 27.2 Å². The highest BCUT2D eigenvalue weighted by Gasteiger charge is 2.19. The fourth-order valence-electron chi connectivity index (χ4n) is 2.30. The first kappa shape index (κ1) is 23.6. The number of hydrogen-bond acceptors (Lipinski definition) is 9. The van der Waals surface area contributed by atoms with Gasteiger partial charge in [0.25, 0.3) is 12.9 Å². The predicted molar refractivity (Wildman–Crippen MR) is 108 cm³/mol. The van der Waals surface area contributed by atoms with Gasteiger partial charge in [-0.3, -0.25) is 0 Å². The molecule has 9 nitrogen and oxygen atoms in total. The van der Waals surface area contributed by atoms with Crippen LogP contribution in [0.15, 0.2) is 0 Å². The van der Waals surface area contributed by atoms with Gasteiger partial charge in [-0.15, -0.1) is 0 Å².